The number of nitrogens with two attached hydrogens (primary N) is 1. The van der Waals surface area contributed by atoms with Crippen LogP contribution in [0.4, 0.5) is 4.39 Å². The molecular formula is C15H25FN2O. The fraction of sp³-hybridized carbons (Fsp3) is 0.600. The maximum Gasteiger partial charge on any atom is 0.123 e. The molecule has 0 aliphatic rings. The van der Waals surface area contributed by atoms with Gasteiger partial charge in [0.05, 0.1) is 6.61 Å². The van der Waals surface area contributed by atoms with Crippen molar-refractivity contribution >= 4 is 0 Å². The van der Waals surface area contributed by atoms with Crippen LogP contribution in [0.2, 0.25) is 0 Å². The normalized spacial score (nSPS) is 16.4. The smallest absolute Gasteiger partial charge is 0.123 e. The Balaban J connectivity index is 2.78. The van der Waals surface area contributed by atoms with Crippen LogP contribution < -0.4 is 5.73 Å². The minimum Gasteiger partial charge on any atom is -0.383 e. The molecular weight excluding hydrogens is 243 g/mol. The second-order valence-corrected chi connectivity index (χ2v) is 4.95. The van der Waals surface area contributed by atoms with Crippen molar-refractivity contribution in [3.8, 4) is 0 Å². The molecule has 0 amide bonds. The van der Waals surface area contributed by atoms with E-state index in [1.165, 1.54) is 12.1 Å². The van der Waals surface area contributed by atoms with Crippen LogP contribution in [0, 0.1) is 5.82 Å². The summed E-state index contributed by atoms with van der Waals surface area (Å²) in [5, 5.41) is 0. The first-order chi connectivity index (χ1) is 9.01. The molecule has 108 valence electrons. The summed E-state index contributed by atoms with van der Waals surface area (Å²) in [6.07, 6.45) is 0. The van der Waals surface area contributed by atoms with Gasteiger partial charge in [-0.2, -0.15) is 0 Å². The lowest BCUT2D eigenvalue weighted by molar-refractivity contribution is 0.0699. The number of methoxy groups -OCH3 is 1. The summed E-state index contributed by atoms with van der Waals surface area (Å²) < 4.78 is 18.1. The zero-order valence-corrected chi connectivity index (χ0v) is 12.3. The first kappa shape index (κ1) is 16.1. The van der Waals surface area contributed by atoms with E-state index in [1.54, 1.807) is 19.2 Å². The highest BCUT2D eigenvalue weighted by molar-refractivity contribution is 5.21. The second-order valence-electron chi connectivity index (χ2n) is 4.95. The van der Waals surface area contributed by atoms with Crippen LogP contribution >= 0.6 is 0 Å². The topological polar surface area (TPSA) is 38.5 Å². The van der Waals surface area contributed by atoms with Gasteiger partial charge in [0, 0.05) is 25.2 Å². The zero-order chi connectivity index (χ0) is 14.4. The maximum atomic E-state index is 12.9. The molecule has 3 atom stereocenters. The van der Waals surface area contributed by atoms with Crippen LogP contribution in [-0.4, -0.2) is 37.2 Å². The molecule has 0 spiro atoms. The molecule has 0 bridgehead atoms. The molecule has 0 saturated heterocycles. The predicted octanol–water partition coefficient (Wildman–Crippen LogP) is 2.57. The standard InChI is InChI=1S/C15H25FN2O/c1-5-18(11(2)10-19-4)12(3)15(17)13-6-8-14(16)9-7-13/h6-9,11-12,15H,5,10,17H2,1-4H3. The first-order valence-electron chi connectivity index (χ1n) is 6.77. The molecule has 0 aliphatic heterocycles. The highest BCUT2D eigenvalue weighted by atomic mass is 19.1. The largest absolute Gasteiger partial charge is 0.383 e. The molecule has 0 radical (unpaired) electrons. The second kappa shape index (κ2) is 7.58. The van der Waals surface area contributed by atoms with Crippen molar-refractivity contribution in [3.63, 3.8) is 0 Å². The van der Waals surface area contributed by atoms with Crippen LogP contribution in [-0.2, 0) is 4.74 Å². The number of nitrogens with zero attached hydrogens (tertiary/aromatic N) is 1. The summed E-state index contributed by atoms with van der Waals surface area (Å²) in [6.45, 7) is 7.92. The molecule has 3 unspecified atom stereocenters. The number of benzene rings is 1. The Kier molecular flexibility index (Phi) is 6.42. The van der Waals surface area contributed by atoms with Gasteiger partial charge >= 0.3 is 0 Å². The van der Waals surface area contributed by atoms with E-state index in [-0.39, 0.29) is 17.9 Å². The number of ether oxygens (including phenoxy) is 1. The van der Waals surface area contributed by atoms with Gasteiger partial charge in [-0.1, -0.05) is 19.1 Å². The third-order valence-electron chi connectivity index (χ3n) is 3.64. The van der Waals surface area contributed by atoms with Crippen molar-refractivity contribution in [1.82, 2.24) is 4.90 Å². The van der Waals surface area contributed by atoms with Gasteiger partial charge in [0.2, 0.25) is 0 Å². The van der Waals surface area contributed by atoms with Crippen molar-refractivity contribution in [2.24, 2.45) is 5.73 Å². The van der Waals surface area contributed by atoms with Crippen molar-refractivity contribution in [2.45, 2.75) is 38.9 Å². The maximum absolute atomic E-state index is 12.9. The molecule has 0 aromatic heterocycles. The SMILES string of the molecule is CCN(C(C)COC)C(C)C(N)c1ccc(F)cc1. The van der Waals surface area contributed by atoms with Gasteiger partial charge in [-0.25, -0.2) is 4.39 Å². The molecule has 2 N–H and O–H groups in total. The summed E-state index contributed by atoms with van der Waals surface area (Å²) in [6, 6.07) is 6.75. The predicted molar refractivity (Wildman–Crippen MR) is 76.5 cm³/mol. The molecule has 0 heterocycles. The van der Waals surface area contributed by atoms with Gasteiger partial charge in [0.15, 0.2) is 0 Å². The lowest BCUT2D eigenvalue weighted by Gasteiger charge is -2.36. The van der Waals surface area contributed by atoms with E-state index in [1.807, 2.05) is 0 Å². The summed E-state index contributed by atoms with van der Waals surface area (Å²) in [4.78, 5) is 2.30. The van der Waals surface area contributed by atoms with Crippen LogP contribution in [0.15, 0.2) is 24.3 Å². The molecule has 4 heteroatoms. The molecule has 3 nitrogen and oxygen atoms in total. The third kappa shape index (κ3) is 4.27. The Labute approximate surface area is 115 Å². The summed E-state index contributed by atoms with van der Waals surface area (Å²) in [7, 11) is 1.70. The number of rotatable bonds is 7. The quantitative estimate of drug-likeness (QED) is 0.826. The Hall–Kier alpha value is -0.970. The fourth-order valence-corrected chi connectivity index (χ4v) is 2.51. The van der Waals surface area contributed by atoms with Crippen LogP contribution in [0.1, 0.15) is 32.4 Å². The van der Waals surface area contributed by atoms with E-state index in [0.717, 1.165) is 12.1 Å². The van der Waals surface area contributed by atoms with Gasteiger partial charge in [0.1, 0.15) is 5.82 Å². The van der Waals surface area contributed by atoms with E-state index >= 15 is 0 Å². The molecule has 1 rings (SSSR count). The summed E-state index contributed by atoms with van der Waals surface area (Å²) >= 11 is 0. The number of halogens is 1. The van der Waals surface area contributed by atoms with Crippen molar-refractivity contribution in [3.05, 3.63) is 35.6 Å². The summed E-state index contributed by atoms with van der Waals surface area (Å²) in [5.74, 6) is -0.233. The Morgan fingerprint density at radius 2 is 1.84 bits per heavy atom. The van der Waals surface area contributed by atoms with Gasteiger partial charge in [-0.05, 0) is 38.1 Å². The highest BCUT2D eigenvalue weighted by Gasteiger charge is 2.24. The first-order valence-corrected chi connectivity index (χ1v) is 6.77. The number of hydrogen-bond donors (Lipinski definition) is 1. The summed E-state index contributed by atoms with van der Waals surface area (Å²) in [5.41, 5.74) is 7.25. The zero-order valence-electron chi connectivity index (χ0n) is 12.3. The van der Waals surface area contributed by atoms with Crippen molar-refractivity contribution in [1.29, 1.82) is 0 Å². The van der Waals surface area contributed by atoms with Crippen LogP contribution in [0.5, 0.6) is 0 Å². The lowest BCUT2D eigenvalue weighted by atomic mass is 9.99. The van der Waals surface area contributed by atoms with Gasteiger partial charge in [-0.3, -0.25) is 4.90 Å². The van der Waals surface area contributed by atoms with Gasteiger partial charge in [0.25, 0.3) is 0 Å². The van der Waals surface area contributed by atoms with E-state index in [9.17, 15) is 4.39 Å². The fourth-order valence-electron chi connectivity index (χ4n) is 2.51. The molecule has 19 heavy (non-hydrogen) atoms. The average Bonchev–Trinajstić information content (AvgIpc) is 2.39. The van der Waals surface area contributed by atoms with Gasteiger partial charge in [-0.15, -0.1) is 0 Å². The highest BCUT2D eigenvalue weighted by Crippen LogP contribution is 2.20. The molecule has 1 aromatic carbocycles. The molecule has 1 aromatic rings. The van der Waals surface area contributed by atoms with Gasteiger partial charge < -0.3 is 10.5 Å². The third-order valence-corrected chi connectivity index (χ3v) is 3.64. The minimum atomic E-state index is -0.233. The Morgan fingerprint density at radius 1 is 1.26 bits per heavy atom. The van der Waals surface area contributed by atoms with E-state index < -0.39 is 0 Å². The molecule has 0 saturated carbocycles. The van der Waals surface area contributed by atoms with E-state index in [4.69, 9.17) is 10.5 Å². The average molecular weight is 268 g/mol. The Bertz CT molecular complexity index is 369. The Morgan fingerprint density at radius 3 is 2.32 bits per heavy atom. The molecule has 0 aliphatic carbocycles. The van der Waals surface area contributed by atoms with Crippen LogP contribution in [0.3, 0.4) is 0 Å². The number of hydrogen-bond acceptors (Lipinski definition) is 3. The lowest BCUT2D eigenvalue weighted by Crippen LogP contribution is -2.47. The minimum absolute atomic E-state index is 0.139. The van der Waals surface area contributed by atoms with E-state index in [0.29, 0.717) is 12.6 Å². The van der Waals surface area contributed by atoms with Crippen molar-refractivity contribution in [2.75, 3.05) is 20.3 Å². The number of likely N-dealkylation sites (N-methyl/N-ethyl adjacent to an activating group) is 1. The van der Waals surface area contributed by atoms with Crippen LogP contribution in [0.25, 0.3) is 0 Å². The van der Waals surface area contributed by atoms with E-state index in [2.05, 4.69) is 25.7 Å². The monoisotopic (exact) mass is 268 g/mol. The molecule has 0 fully saturated rings. The van der Waals surface area contributed by atoms with Crippen molar-refractivity contribution < 1.29 is 9.13 Å².